The van der Waals surface area contributed by atoms with Gasteiger partial charge in [-0.15, -0.1) is 0 Å². The summed E-state index contributed by atoms with van der Waals surface area (Å²) in [7, 11) is 0. The highest BCUT2D eigenvalue weighted by molar-refractivity contribution is 14.1. The molecule has 11 heavy (non-hydrogen) atoms. The summed E-state index contributed by atoms with van der Waals surface area (Å²) in [5.41, 5.74) is 0.668. The summed E-state index contributed by atoms with van der Waals surface area (Å²) >= 11 is 2.51. The quantitative estimate of drug-likeness (QED) is 0.480. The molecule has 0 aromatic rings. The zero-order chi connectivity index (χ0) is 7.47. The minimum Gasteiger partial charge on any atom is -0.296 e. The second-order valence-corrected chi connectivity index (χ2v) is 5.26. The number of nitrogens with zero attached hydrogens (tertiary/aromatic N) is 2. The molecule has 0 amide bonds. The Kier molecular flexibility index (Phi) is 1.36. The largest absolute Gasteiger partial charge is 0.296 e. The molecule has 0 saturated carbocycles. The lowest BCUT2D eigenvalue weighted by Crippen LogP contribution is -2.59. The van der Waals surface area contributed by atoms with Gasteiger partial charge in [0.05, 0.1) is 0 Å². The summed E-state index contributed by atoms with van der Waals surface area (Å²) in [5.74, 6) is 0. The second-order valence-electron chi connectivity index (χ2n) is 4.02. The normalized spacial score (nSPS) is 50.5. The smallest absolute Gasteiger partial charge is 0.0397 e. The van der Waals surface area contributed by atoms with Crippen LogP contribution in [0.3, 0.4) is 0 Å². The molecule has 0 aliphatic carbocycles. The molecule has 0 N–H and O–H groups in total. The Morgan fingerprint density at radius 1 is 1.18 bits per heavy atom. The van der Waals surface area contributed by atoms with Crippen molar-refractivity contribution in [2.45, 2.75) is 30.8 Å². The van der Waals surface area contributed by atoms with Crippen molar-refractivity contribution in [3.63, 3.8) is 0 Å². The molecule has 3 fully saturated rings. The molecule has 2 unspecified atom stereocenters. The van der Waals surface area contributed by atoms with Crippen molar-refractivity contribution in [3.8, 4) is 0 Å². The summed E-state index contributed by atoms with van der Waals surface area (Å²) in [5, 5.41) is 0. The predicted octanol–water partition coefficient (Wildman–Crippen LogP) is 1.26. The summed E-state index contributed by atoms with van der Waals surface area (Å²) in [4.78, 5) is 2.70. The van der Waals surface area contributed by atoms with Crippen LogP contribution in [0.4, 0.5) is 0 Å². The zero-order valence-corrected chi connectivity index (χ0v) is 8.75. The molecule has 2 atom stereocenters. The van der Waals surface area contributed by atoms with Crippen LogP contribution >= 0.6 is 22.9 Å². The van der Waals surface area contributed by atoms with Crippen molar-refractivity contribution < 1.29 is 0 Å². The predicted molar refractivity (Wildman–Crippen MR) is 52.7 cm³/mol. The Labute approximate surface area is 81.4 Å². The molecule has 3 aliphatic rings. The molecule has 0 aromatic heterocycles. The molecule has 3 rings (SSSR count). The van der Waals surface area contributed by atoms with Gasteiger partial charge in [0.15, 0.2) is 0 Å². The molecule has 2 nitrogen and oxygen atoms in total. The summed E-state index contributed by atoms with van der Waals surface area (Å²) in [6.45, 7) is 4.06. The van der Waals surface area contributed by atoms with Gasteiger partial charge in [-0.3, -0.25) is 4.90 Å². The fraction of sp³-hybridized carbons (Fsp3) is 1.00. The van der Waals surface area contributed by atoms with Gasteiger partial charge in [0.2, 0.25) is 0 Å². The van der Waals surface area contributed by atoms with Gasteiger partial charge in [0, 0.05) is 54.1 Å². The SMILES string of the molecule is IN1CCC23CCN2CCC13. The van der Waals surface area contributed by atoms with E-state index in [1.807, 2.05) is 0 Å². The van der Waals surface area contributed by atoms with Crippen LogP contribution in [0.1, 0.15) is 19.3 Å². The van der Waals surface area contributed by atoms with E-state index in [-0.39, 0.29) is 0 Å². The molecule has 1 spiro atoms. The number of rotatable bonds is 0. The Morgan fingerprint density at radius 3 is 2.64 bits per heavy atom. The summed E-state index contributed by atoms with van der Waals surface area (Å²) in [6.07, 6.45) is 4.32. The summed E-state index contributed by atoms with van der Waals surface area (Å²) < 4.78 is 2.54. The molecule has 0 radical (unpaired) electrons. The minimum absolute atomic E-state index is 0.668. The average molecular weight is 264 g/mol. The Bertz CT molecular complexity index is 197. The molecule has 0 bridgehead atoms. The van der Waals surface area contributed by atoms with Gasteiger partial charge >= 0.3 is 0 Å². The monoisotopic (exact) mass is 264 g/mol. The molecule has 3 aliphatic heterocycles. The molecule has 3 heteroatoms. The van der Waals surface area contributed by atoms with Crippen LogP contribution in [0.2, 0.25) is 0 Å². The van der Waals surface area contributed by atoms with Gasteiger partial charge in [-0.2, -0.15) is 0 Å². The van der Waals surface area contributed by atoms with E-state index in [0.29, 0.717) is 5.54 Å². The van der Waals surface area contributed by atoms with E-state index in [2.05, 4.69) is 30.9 Å². The fourth-order valence-electron chi connectivity index (χ4n) is 3.12. The standard InChI is InChI=1S/C8H13IN2/c9-11-6-3-8-2-5-10(8)4-1-7(8)11/h7H,1-6H2. The first kappa shape index (κ1) is 7.09. The van der Waals surface area contributed by atoms with Gasteiger partial charge in [-0.1, -0.05) is 0 Å². The maximum atomic E-state index is 2.70. The van der Waals surface area contributed by atoms with E-state index in [1.54, 1.807) is 0 Å². The zero-order valence-electron chi connectivity index (χ0n) is 6.59. The molecular formula is C8H13IN2. The number of halogens is 1. The second kappa shape index (κ2) is 2.12. The van der Waals surface area contributed by atoms with Gasteiger partial charge in [0.1, 0.15) is 0 Å². The number of hydrogen-bond donors (Lipinski definition) is 0. The molecule has 62 valence electrons. The average Bonchev–Trinajstić information content (AvgIpc) is 2.39. The summed E-state index contributed by atoms with van der Waals surface area (Å²) in [6, 6.07) is 0.900. The maximum Gasteiger partial charge on any atom is 0.0397 e. The highest BCUT2D eigenvalue weighted by Gasteiger charge is 2.58. The van der Waals surface area contributed by atoms with Crippen molar-refractivity contribution in [1.29, 1.82) is 0 Å². The topological polar surface area (TPSA) is 6.48 Å². The Balaban J connectivity index is 1.95. The van der Waals surface area contributed by atoms with E-state index in [9.17, 15) is 0 Å². The van der Waals surface area contributed by atoms with E-state index in [4.69, 9.17) is 0 Å². The first-order valence-electron chi connectivity index (χ1n) is 4.50. The van der Waals surface area contributed by atoms with Gasteiger partial charge < -0.3 is 0 Å². The van der Waals surface area contributed by atoms with E-state index in [0.717, 1.165) is 6.04 Å². The highest BCUT2D eigenvalue weighted by Crippen LogP contribution is 2.50. The maximum absolute atomic E-state index is 2.70. The molecular weight excluding hydrogens is 251 g/mol. The molecule has 3 saturated heterocycles. The van der Waals surface area contributed by atoms with Gasteiger partial charge in [-0.05, 0) is 19.3 Å². The van der Waals surface area contributed by atoms with Crippen molar-refractivity contribution in [1.82, 2.24) is 8.01 Å². The van der Waals surface area contributed by atoms with Crippen LogP contribution in [-0.4, -0.2) is 39.2 Å². The van der Waals surface area contributed by atoms with Crippen molar-refractivity contribution in [3.05, 3.63) is 0 Å². The Morgan fingerprint density at radius 2 is 2.00 bits per heavy atom. The van der Waals surface area contributed by atoms with Crippen LogP contribution in [0.15, 0.2) is 0 Å². The number of hydrogen-bond acceptors (Lipinski definition) is 2. The van der Waals surface area contributed by atoms with Crippen LogP contribution in [-0.2, 0) is 0 Å². The fourth-order valence-corrected chi connectivity index (χ4v) is 4.16. The first-order chi connectivity index (χ1) is 5.33. The first-order valence-corrected chi connectivity index (χ1v) is 5.47. The lowest BCUT2D eigenvalue weighted by molar-refractivity contribution is 0.0248. The van der Waals surface area contributed by atoms with E-state index in [1.165, 1.54) is 38.9 Å². The van der Waals surface area contributed by atoms with Crippen molar-refractivity contribution in [2.75, 3.05) is 19.6 Å². The van der Waals surface area contributed by atoms with Crippen LogP contribution in [0.5, 0.6) is 0 Å². The van der Waals surface area contributed by atoms with E-state index < -0.39 is 0 Å². The molecule has 3 heterocycles. The Hall–Kier alpha value is 0.650. The lowest BCUT2D eigenvalue weighted by Gasteiger charge is -2.48. The van der Waals surface area contributed by atoms with Crippen molar-refractivity contribution in [2.24, 2.45) is 0 Å². The minimum atomic E-state index is 0.668. The van der Waals surface area contributed by atoms with Crippen LogP contribution in [0, 0.1) is 0 Å². The third-order valence-corrected chi connectivity index (χ3v) is 4.99. The lowest BCUT2D eigenvalue weighted by atomic mass is 9.82. The van der Waals surface area contributed by atoms with Crippen LogP contribution in [0.25, 0.3) is 0 Å². The third kappa shape index (κ3) is 0.704. The van der Waals surface area contributed by atoms with Crippen molar-refractivity contribution >= 4 is 22.9 Å². The molecule has 0 aromatic carbocycles. The third-order valence-electron chi connectivity index (χ3n) is 3.83. The highest BCUT2D eigenvalue weighted by atomic mass is 127. The van der Waals surface area contributed by atoms with Crippen LogP contribution < -0.4 is 0 Å². The van der Waals surface area contributed by atoms with E-state index >= 15 is 0 Å². The van der Waals surface area contributed by atoms with Gasteiger partial charge in [0.25, 0.3) is 0 Å². The van der Waals surface area contributed by atoms with Gasteiger partial charge in [-0.25, -0.2) is 3.11 Å².